The summed E-state index contributed by atoms with van der Waals surface area (Å²) in [6, 6.07) is 16.5. The summed E-state index contributed by atoms with van der Waals surface area (Å²) in [7, 11) is -0.383. The van der Waals surface area contributed by atoms with Crippen LogP contribution in [-0.4, -0.2) is 82.0 Å². The summed E-state index contributed by atoms with van der Waals surface area (Å²) >= 11 is 0. The molecule has 5 rings (SSSR count). The summed E-state index contributed by atoms with van der Waals surface area (Å²) in [4.78, 5) is 17.5. The number of methoxy groups -OCH3 is 1. The SMILES string of the molecule is COc1ccc(S(=O)(=O)Nc2ccc3c(c2)CC(=O)N([C@H](C)CO)C[C@H](C)[C@H](CN(C)Cc2ccc4c(c2)OCO4)O3)cc1. The molecule has 3 aromatic rings. The van der Waals surface area contributed by atoms with Gasteiger partial charge in [-0.1, -0.05) is 13.0 Å². The fraction of sp³-hybridized carbons (Fsp3) is 0.406. The fourth-order valence-electron chi connectivity index (χ4n) is 5.40. The highest BCUT2D eigenvalue weighted by Crippen LogP contribution is 2.33. The number of carbonyl (C=O) groups is 1. The van der Waals surface area contributed by atoms with Crippen LogP contribution in [0.3, 0.4) is 0 Å². The first kappa shape index (κ1) is 31.4. The third kappa shape index (κ3) is 7.20. The number of likely N-dealkylation sites (N-methyl/N-ethyl adjacent to an activating group) is 1. The molecule has 0 saturated heterocycles. The van der Waals surface area contributed by atoms with Crippen molar-refractivity contribution in [3.8, 4) is 23.0 Å². The number of amides is 1. The van der Waals surface area contributed by atoms with Crippen molar-refractivity contribution in [2.24, 2.45) is 5.92 Å². The number of nitrogens with zero attached hydrogens (tertiary/aromatic N) is 2. The first-order valence-corrected chi connectivity index (χ1v) is 16.0. The first-order valence-electron chi connectivity index (χ1n) is 14.5. The van der Waals surface area contributed by atoms with E-state index >= 15 is 0 Å². The van der Waals surface area contributed by atoms with Crippen LogP contribution in [0.4, 0.5) is 5.69 Å². The minimum absolute atomic E-state index is 0.00967. The standard InChI is InChI=1S/C32H39N3O8S/c1-21-16-35(22(2)19-36)32(37)15-24-14-25(33-44(38,39)27-9-7-26(40-4)8-10-27)6-12-28(24)43-31(21)18-34(3)17-23-5-11-29-30(13-23)42-20-41-29/h5-14,21-22,31,33,36H,15-20H2,1-4H3/t21-,22+,31-/m0/s1. The molecule has 12 heteroatoms. The smallest absolute Gasteiger partial charge is 0.261 e. The number of rotatable bonds is 10. The molecule has 2 aliphatic heterocycles. The van der Waals surface area contributed by atoms with Crippen molar-refractivity contribution < 1.29 is 37.3 Å². The highest BCUT2D eigenvalue weighted by atomic mass is 32.2. The quantitative estimate of drug-likeness (QED) is 0.348. The lowest BCUT2D eigenvalue weighted by Gasteiger charge is -2.34. The molecule has 11 nitrogen and oxygen atoms in total. The molecule has 2 heterocycles. The lowest BCUT2D eigenvalue weighted by atomic mass is 10.0. The second-order valence-corrected chi connectivity index (χ2v) is 13.1. The predicted octanol–water partition coefficient (Wildman–Crippen LogP) is 3.51. The van der Waals surface area contributed by atoms with E-state index in [1.54, 1.807) is 35.2 Å². The number of anilines is 1. The second kappa shape index (κ2) is 13.3. The number of hydrogen-bond acceptors (Lipinski definition) is 9. The maximum atomic E-state index is 13.5. The maximum absolute atomic E-state index is 13.5. The van der Waals surface area contributed by atoms with Crippen LogP contribution in [-0.2, 0) is 27.8 Å². The second-order valence-electron chi connectivity index (χ2n) is 11.4. The van der Waals surface area contributed by atoms with Gasteiger partial charge < -0.3 is 29.0 Å². The van der Waals surface area contributed by atoms with Crippen LogP contribution in [0.25, 0.3) is 0 Å². The zero-order chi connectivity index (χ0) is 31.4. The van der Waals surface area contributed by atoms with Crippen molar-refractivity contribution in [1.82, 2.24) is 9.80 Å². The van der Waals surface area contributed by atoms with E-state index in [4.69, 9.17) is 18.9 Å². The van der Waals surface area contributed by atoms with Gasteiger partial charge in [-0.2, -0.15) is 0 Å². The molecule has 0 saturated carbocycles. The number of sulfonamides is 1. The fourth-order valence-corrected chi connectivity index (χ4v) is 6.45. The number of fused-ring (bicyclic) bond motifs is 2. The van der Waals surface area contributed by atoms with Gasteiger partial charge in [0.25, 0.3) is 10.0 Å². The Hall–Kier alpha value is -4.00. The molecule has 0 bridgehead atoms. The van der Waals surface area contributed by atoms with E-state index in [2.05, 4.69) is 9.62 Å². The Kier molecular flexibility index (Phi) is 9.52. The lowest BCUT2D eigenvalue weighted by molar-refractivity contribution is -0.134. The molecule has 1 amide bonds. The lowest BCUT2D eigenvalue weighted by Crippen LogP contribution is -2.47. The van der Waals surface area contributed by atoms with Crippen LogP contribution in [0, 0.1) is 5.92 Å². The van der Waals surface area contributed by atoms with Crippen LogP contribution in [0.2, 0.25) is 0 Å². The van der Waals surface area contributed by atoms with Gasteiger partial charge in [-0.15, -0.1) is 0 Å². The minimum atomic E-state index is -3.90. The molecule has 0 aromatic heterocycles. The van der Waals surface area contributed by atoms with Crippen LogP contribution >= 0.6 is 0 Å². The van der Waals surface area contributed by atoms with Crippen LogP contribution < -0.4 is 23.7 Å². The number of aliphatic hydroxyl groups excluding tert-OH is 1. The van der Waals surface area contributed by atoms with Crippen molar-refractivity contribution >= 4 is 21.6 Å². The molecule has 3 atom stereocenters. The van der Waals surface area contributed by atoms with Gasteiger partial charge in [-0.3, -0.25) is 14.4 Å². The highest BCUT2D eigenvalue weighted by Gasteiger charge is 2.31. The molecule has 236 valence electrons. The number of ether oxygens (including phenoxy) is 4. The minimum Gasteiger partial charge on any atom is -0.497 e. The summed E-state index contributed by atoms with van der Waals surface area (Å²) < 4.78 is 51.5. The zero-order valence-electron chi connectivity index (χ0n) is 25.4. The van der Waals surface area contributed by atoms with Crippen LogP contribution in [0.5, 0.6) is 23.0 Å². The monoisotopic (exact) mass is 625 g/mol. The highest BCUT2D eigenvalue weighted by molar-refractivity contribution is 7.92. The molecule has 0 fully saturated rings. The third-order valence-electron chi connectivity index (χ3n) is 7.92. The molecular weight excluding hydrogens is 586 g/mol. The first-order chi connectivity index (χ1) is 21.1. The van der Waals surface area contributed by atoms with Crippen molar-refractivity contribution in [3.63, 3.8) is 0 Å². The maximum Gasteiger partial charge on any atom is 0.261 e. The molecule has 0 aliphatic carbocycles. The van der Waals surface area contributed by atoms with Crippen molar-refractivity contribution in [1.29, 1.82) is 0 Å². The summed E-state index contributed by atoms with van der Waals surface area (Å²) in [5.74, 6) is 2.26. The Morgan fingerprint density at radius 3 is 2.52 bits per heavy atom. The number of nitrogens with one attached hydrogen (secondary N) is 1. The van der Waals surface area contributed by atoms with Gasteiger partial charge in [-0.25, -0.2) is 8.42 Å². The summed E-state index contributed by atoms with van der Waals surface area (Å²) in [6.45, 7) is 5.47. The molecular formula is C32H39N3O8S. The third-order valence-corrected chi connectivity index (χ3v) is 9.32. The van der Waals surface area contributed by atoms with Crippen molar-refractivity contribution in [2.75, 3.05) is 45.4 Å². The van der Waals surface area contributed by atoms with E-state index in [0.29, 0.717) is 42.4 Å². The molecule has 44 heavy (non-hydrogen) atoms. The van der Waals surface area contributed by atoms with E-state index in [1.807, 2.05) is 39.1 Å². The number of aliphatic hydroxyl groups is 1. The molecule has 0 unspecified atom stereocenters. The van der Waals surface area contributed by atoms with Crippen LogP contribution in [0.1, 0.15) is 25.0 Å². The molecule has 2 aliphatic rings. The zero-order valence-corrected chi connectivity index (χ0v) is 26.2. The normalized spacial score (nSPS) is 19.0. The predicted molar refractivity (Wildman–Crippen MR) is 165 cm³/mol. The topological polar surface area (TPSA) is 127 Å². The molecule has 2 N–H and O–H groups in total. The Balaban J connectivity index is 1.39. The summed E-state index contributed by atoms with van der Waals surface area (Å²) in [5.41, 5.74) is 1.92. The van der Waals surface area contributed by atoms with E-state index in [0.717, 1.165) is 17.1 Å². The van der Waals surface area contributed by atoms with Gasteiger partial charge in [-0.05, 0) is 74.1 Å². The Bertz CT molecular complexity index is 1580. The largest absolute Gasteiger partial charge is 0.497 e. The molecule has 3 aromatic carbocycles. The average Bonchev–Trinajstić information content (AvgIpc) is 3.48. The van der Waals surface area contributed by atoms with Gasteiger partial charge in [0.05, 0.1) is 31.1 Å². The Labute approximate surface area is 258 Å². The van der Waals surface area contributed by atoms with E-state index in [9.17, 15) is 18.3 Å². The number of hydrogen-bond donors (Lipinski definition) is 2. The van der Waals surface area contributed by atoms with E-state index in [-0.39, 0.29) is 42.6 Å². The molecule has 0 radical (unpaired) electrons. The number of carbonyl (C=O) groups excluding carboxylic acids is 1. The van der Waals surface area contributed by atoms with E-state index < -0.39 is 16.1 Å². The molecule has 0 spiro atoms. The summed E-state index contributed by atoms with van der Waals surface area (Å²) in [6.07, 6.45) is -0.321. The van der Waals surface area contributed by atoms with Gasteiger partial charge >= 0.3 is 0 Å². The van der Waals surface area contributed by atoms with E-state index in [1.165, 1.54) is 19.2 Å². The Morgan fingerprint density at radius 1 is 1.07 bits per heavy atom. The average molecular weight is 626 g/mol. The van der Waals surface area contributed by atoms with Gasteiger partial charge in [0, 0.05) is 36.8 Å². The van der Waals surface area contributed by atoms with Crippen molar-refractivity contribution in [3.05, 3.63) is 71.8 Å². The summed E-state index contributed by atoms with van der Waals surface area (Å²) in [5, 5.41) is 9.94. The van der Waals surface area contributed by atoms with Gasteiger partial charge in [0.2, 0.25) is 12.7 Å². The number of benzene rings is 3. The Morgan fingerprint density at radius 2 is 1.80 bits per heavy atom. The van der Waals surface area contributed by atoms with Gasteiger partial charge in [0.15, 0.2) is 11.5 Å². The van der Waals surface area contributed by atoms with Crippen molar-refractivity contribution in [2.45, 2.75) is 43.9 Å². The van der Waals surface area contributed by atoms with Crippen LogP contribution in [0.15, 0.2) is 65.6 Å². The van der Waals surface area contributed by atoms with Gasteiger partial charge in [0.1, 0.15) is 17.6 Å².